The summed E-state index contributed by atoms with van der Waals surface area (Å²) in [5.41, 5.74) is 2.26. The zero-order valence-electron chi connectivity index (χ0n) is 16.6. The van der Waals surface area contributed by atoms with Crippen molar-refractivity contribution in [3.8, 4) is 0 Å². The van der Waals surface area contributed by atoms with Gasteiger partial charge in [-0.2, -0.15) is 4.31 Å². The molecule has 2 aliphatic rings. The molecule has 4 rings (SSSR count). The minimum absolute atomic E-state index is 0.0437. The van der Waals surface area contributed by atoms with Gasteiger partial charge in [0.1, 0.15) is 0 Å². The van der Waals surface area contributed by atoms with E-state index in [0.29, 0.717) is 32.6 Å². The fourth-order valence-electron chi connectivity index (χ4n) is 3.88. The number of carbonyl (C=O) groups excluding carboxylic acids is 2. The Balaban J connectivity index is 1.45. The molecule has 0 aliphatic carbocycles. The number of amides is 1. The predicted molar refractivity (Wildman–Crippen MR) is 110 cm³/mol. The van der Waals surface area contributed by atoms with Crippen molar-refractivity contribution < 1.29 is 22.7 Å². The first-order valence-corrected chi connectivity index (χ1v) is 11.5. The SMILES string of the molecule is O=C(OCC(=O)N1CCCC1)c1cccc(S(=O)(=O)N2CCc3ccccc3C2)c1. The number of hydrogen-bond acceptors (Lipinski definition) is 5. The van der Waals surface area contributed by atoms with Gasteiger partial charge in [-0.15, -0.1) is 0 Å². The van der Waals surface area contributed by atoms with E-state index in [2.05, 4.69) is 0 Å². The summed E-state index contributed by atoms with van der Waals surface area (Å²) in [6.07, 6.45) is 2.57. The number of hydrogen-bond donors (Lipinski definition) is 0. The lowest BCUT2D eigenvalue weighted by atomic mass is 10.0. The fourth-order valence-corrected chi connectivity index (χ4v) is 5.34. The molecule has 2 aromatic rings. The summed E-state index contributed by atoms with van der Waals surface area (Å²) < 4.78 is 32.8. The predicted octanol–water partition coefficient (Wildman–Crippen LogP) is 2.21. The molecule has 0 N–H and O–H groups in total. The molecule has 1 fully saturated rings. The van der Waals surface area contributed by atoms with Crippen molar-refractivity contribution in [2.24, 2.45) is 0 Å². The van der Waals surface area contributed by atoms with Gasteiger partial charge >= 0.3 is 5.97 Å². The standard InChI is InChI=1S/C22H24N2O5S/c25-21(23-11-3-4-12-23)16-29-22(26)18-8-5-9-20(14-18)30(27,28)24-13-10-17-6-1-2-7-19(17)15-24/h1-2,5-9,14H,3-4,10-13,15-16H2. The first-order chi connectivity index (χ1) is 14.4. The quantitative estimate of drug-likeness (QED) is 0.682. The van der Waals surface area contributed by atoms with Crippen LogP contribution in [-0.4, -0.2) is 55.7 Å². The summed E-state index contributed by atoms with van der Waals surface area (Å²) in [6, 6.07) is 13.6. The van der Waals surface area contributed by atoms with Gasteiger partial charge in [0.05, 0.1) is 10.5 Å². The van der Waals surface area contributed by atoms with Gasteiger partial charge in [0.25, 0.3) is 5.91 Å². The first kappa shape index (κ1) is 20.6. The fraction of sp³-hybridized carbons (Fsp3) is 0.364. The molecule has 7 nitrogen and oxygen atoms in total. The normalized spacial score (nSPS) is 16.9. The number of esters is 1. The Hall–Kier alpha value is -2.71. The molecule has 0 unspecified atom stereocenters. The van der Waals surface area contributed by atoms with Crippen LogP contribution in [0.15, 0.2) is 53.4 Å². The van der Waals surface area contributed by atoms with Crippen molar-refractivity contribution in [3.63, 3.8) is 0 Å². The van der Waals surface area contributed by atoms with E-state index < -0.39 is 16.0 Å². The maximum absolute atomic E-state index is 13.1. The molecule has 0 radical (unpaired) electrons. The van der Waals surface area contributed by atoms with Crippen LogP contribution in [0.4, 0.5) is 0 Å². The van der Waals surface area contributed by atoms with E-state index in [4.69, 9.17) is 4.74 Å². The highest BCUT2D eigenvalue weighted by Gasteiger charge is 2.29. The number of carbonyl (C=O) groups is 2. The second-order valence-corrected chi connectivity index (χ2v) is 9.49. The van der Waals surface area contributed by atoms with Crippen molar-refractivity contribution >= 4 is 21.9 Å². The molecule has 0 atom stereocenters. The van der Waals surface area contributed by atoms with Crippen LogP contribution in [0.5, 0.6) is 0 Å². The van der Waals surface area contributed by atoms with Gasteiger partial charge in [-0.1, -0.05) is 30.3 Å². The van der Waals surface area contributed by atoms with Crippen LogP contribution in [0.2, 0.25) is 0 Å². The van der Waals surface area contributed by atoms with Gasteiger partial charge in [0, 0.05) is 26.2 Å². The van der Waals surface area contributed by atoms with Crippen molar-refractivity contribution in [2.75, 3.05) is 26.2 Å². The number of rotatable bonds is 5. The Morgan fingerprint density at radius 1 is 0.933 bits per heavy atom. The average Bonchev–Trinajstić information content (AvgIpc) is 3.32. The largest absolute Gasteiger partial charge is 0.452 e. The van der Waals surface area contributed by atoms with Gasteiger partial charge < -0.3 is 9.64 Å². The van der Waals surface area contributed by atoms with Gasteiger partial charge in [0.2, 0.25) is 10.0 Å². The molecule has 0 saturated carbocycles. The zero-order valence-corrected chi connectivity index (χ0v) is 17.4. The summed E-state index contributed by atoms with van der Waals surface area (Å²) in [5, 5.41) is 0. The van der Waals surface area contributed by atoms with Crippen LogP contribution in [0, 0.1) is 0 Å². The molecular weight excluding hydrogens is 404 g/mol. The summed E-state index contributed by atoms with van der Waals surface area (Å²) in [5.74, 6) is -0.930. The lowest BCUT2D eigenvalue weighted by Gasteiger charge is -2.28. The Morgan fingerprint density at radius 2 is 1.67 bits per heavy atom. The summed E-state index contributed by atoms with van der Waals surface area (Å²) in [7, 11) is -3.75. The van der Waals surface area contributed by atoms with E-state index in [0.717, 1.165) is 24.0 Å². The third-order valence-corrected chi connectivity index (χ3v) is 7.43. The lowest BCUT2D eigenvalue weighted by Crippen LogP contribution is -2.36. The number of ether oxygens (including phenoxy) is 1. The lowest BCUT2D eigenvalue weighted by molar-refractivity contribution is -0.133. The number of fused-ring (bicyclic) bond motifs is 1. The molecule has 2 heterocycles. The van der Waals surface area contributed by atoms with E-state index in [1.807, 2.05) is 24.3 Å². The molecule has 1 amide bonds. The minimum Gasteiger partial charge on any atom is -0.452 e. The number of nitrogens with zero attached hydrogens (tertiary/aromatic N) is 2. The van der Waals surface area contributed by atoms with Crippen molar-refractivity contribution in [3.05, 3.63) is 65.2 Å². The van der Waals surface area contributed by atoms with Gasteiger partial charge in [-0.25, -0.2) is 13.2 Å². The summed E-state index contributed by atoms with van der Waals surface area (Å²) in [4.78, 5) is 26.2. The highest BCUT2D eigenvalue weighted by Crippen LogP contribution is 2.25. The van der Waals surface area contributed by atoms with Gasteiger partial charge in [0.15, 0.2) is 6.61 Å². The highest BCUT2D eigenvalue weighted by atomic mass is 32.2. The van der Waals surface area contributed by atoms with Crippen LogP contribution < -0.4 is 0 Å². The van der Waals surface area contributed by atoms with E-state index >= 15 is 0 Å². The summed E-state index contributed by atoms with van der Waals surface area (Å²) in [6.45, 7) is 1.72. The van der Waals surface area contributed by atoms with Crippen LogP contribution in [0.1, 0.15) is 34.3 Å². The Morgan fingerprint density at radius 3 is 2.43 bits per heavy atom. The number of benzene rings is 2. The molecular formula is C22H24N2O5S. The highest BCUT2D eigenvalue weighted by molar-refractivity contribution is 7.89. The zero-order chi connectivity index (χ0) is 21.1. The molecule has 0 aromatic heterocycles. The maximum Gasteiger partial charge on any atom is 0.338 e. The van der Waals surface area contributed by atoms with Crippen LogP contribution in [-0.2, 0) is 32.5 Å². The Bertz CT molecular complexity index is 1060. The van der Waals surface area contributed by atoms with Crippen LogP contribution in [0.3, 0.4) is 0 Å². The monoisotopic (exact) mass is 428 g/mol. The summed E-state index contributed by atoms with van der Waals surface area (Å²) >= 11 is 0. The maximum atomic E-state index is 13.1. The molecule has 158 valence electrons. The molecule has 30 heavy (non-hydrogen) atoms. The molecule has 8 heteroatoms. The molecule has 1 saturated heterocycles. The van der Waals surface area contributed by atoms with E-state index in [1.165, 1.54) is 28.6 Å². The third-order valence-electron chi connectivity index (χ3n) is 5.59. The average molecular weight is 429 g/mol. The smallest absolute Gasteiger partial charge is 0.338 e. The number of likely N-dealkylation sites (tertiary alicyclic amines) is 1. The topological polar surface area (TPSA) is 84.0 Å². The Kier molecular flexibility index (Phi) is 5.87. The molecule has 2 aromatic carbocycles. The van der Waals surface area contributed by atoms with E-state index in [9.17, 15) is 18.0 Å². The van der Waals surface area contributed by atoms with E-state index in [-0.39, 0.29) is 23.0 Å². The minimum atomic E-state index is -3.75. The second kappa shape index (κ2) is 8.57. The molecule has 2 aliphatic heterocycles. The third kappa shape index (κ3) is 4.24. The first-order valence-electron chi connectivity index (χ1n) is 10.1. The van der Waals surface area contributed by atoms with Crippen LogP contribution >= 0.6 is 0 Å². The van der Waals surface area contributed by atoms with E-state index in [1.54, 1.807) is 4.90 Å². The van der Waals surface area contributed by atoms with Gasteiger partial charge in [-0.3, -0.25) is 4.79 Å². The Labute approximate surface area is 176 Å². The molecule has 0 spiro atoms. The van der Waals surface area contributed by atoms with Crippen molar-refractivity contribution in [1.82, 2.24) is 9.21 Å². The number of sulfonamides is 1. The molecule has 0 bridgehead atoms. The van der Waals surface area contributed by atoms with Crippen LogP contribution in [0.25, 0.3) is 0 Å². The second-order valence-electron chi connectivity index (χ2n) is 7.55. The van der Waals surface area contributed by atoms with Crippen molar-refractivity contribution in [2.45, 2.75) is 30.7 Å². The van der Waals surface area contributed by atoms with Crippen molar-refractivity contribution in [1.29, 1.82) is 0 Å². The van der Waals surface area contributed by atoms with Gasteiger partial charge in [-0.05, 0) is 48.6 Å².